The Kier molecular flexibility index (Phi) is 2.64. The van der Waals surface area contributed by atoms with Crippen LogP contribution in [0.25, 0.3) is 33.3 Å². The molecule has 0 aliphatic heterocycles. The van der Waals surface area contributed by atoms with E-state index in [9.17, 15) is 14.7 Å². The average Bonchev–Trinajstić information content (AvgIpc) is 3.08. The summed E-state index contributed by atoms with van der Waals surface area (Å²) in [5.41, 5.74) is 1.78. The summed E-state index contributed by atoms with van der Waals surface area (Å²) in [7, 11) is 0. The van der Waals surface area contributed by atoms with E-state index in [-0.39, 0.29) is 11.4 Å². The Morgan fingerprint density at radius 3 is 2.91 bits per heavy atom. The number of thiophene rings is 1. The zero-order valence-corrected chi connectivity index (χ0v) is 11.9. The Hall–Kier alpha value is -2.93. The standard InChI is InChI=1S/C15H9N3O3S/c19-14-13(16-9-6-22-7-10(9)17-14)12-5-8-3-1-2-4-11(8)18(12)15(20)21/h1-7H,(H,17,19)(H,20,21). The van der Waals surface area contributed by atoms with Gasteiger partial charge in [-0.25, -0.2) is 14.3 Å². The normalized spacial score (nSPS) is 11.3. The Bertz CT molecular complexity index is 1090. The maximum Gasteiger partial charge on any atom is 0.416 e. The minimum atomic E-state index is -1.15. The van der Waals surface area contributed by atoms with Gasteiger partial charge in [-0.2, -0.15) is 0 Å². The summed E-state index contributed by atoms with van der Waals surface area (Å²) in [5, 5.41) is 13.8. The van der Waals surface area contributed by atoms with Crippen molar-refractivity contribution in [3.8, 4) is 11.4 Å². The highest BCUT2D eigenvalue weighted by atomic mass is 32.1. The van der Waals surface area contributed by atoms with Crippen molar-refractivity contribution >= 4 is 39.4 Å². The number of benzene rings is 1. The van der Waals surface area contributed by atoms with Crippen molar-refractivity contribution in [3.05, 3.63) is 51.4 Å². The predicted molar refractivity (Wildman–Crippen MR) is 84.6 cm³/mol. The largest absolute Gasteiger partial charge is 0.464 e. The van der Waals surface area contributed by atoms with Gasteiger partial charge in [0.15, 0.2) is 5.69 Å². The second-order valence-corrected chi connectivity index (χ2v) is 5.54. The van der Waals surface area contributed by atoms with Crippen LogP contribution in [0, 0.1) is 0 Å². The number of nitrogens with one attached hydrogen (secondary N) is 1. The number of carboxylic acid groups (broad SMARTS) is 1. The van der Waals surface area contributed by atoms with Crippen molar-refractivity contribution in [1.82, 2.24) is 14.5 Å². The first-order chi connectivity index (χ1) is 10.6. The molecule has 0 spiro atoms. The van der Waals surface area contributed by atoms with Gasteiger partial charge in [-0.05, 0) is 12.1 Å². The summed E-state index contributed by atoms with van der Waals surface area (Å²) in [6.07, 6.45) is -1.15. The molecule has 4 aromatic rings. The second kappa shape index (κ2) is 4.54. The van der Waals surface area contributed by atoms with Crippen LogP contribution >= 0.6 is 11.3 Å². The molecule has 22 heavy (non-hydrogen) atoms. The number of fused-ring (bicyclic) bond motifs is 2. The molecule has 0 radical (unpaired) electrons. The van der Waals surface area contributed by atoms with Crippen molar-refractivity contribution in [1.29, 1.82) is 0 Å². The van der Waals surface area contributed by atoms with E-state index in [0.29, 0.717) is 16.6 Å². The first-order valence-electron chi connectivity index (χ1n) is 6.45. The number of rotatable bonds is 1. The van der Waals surface area contributed by atoms with Gasteiger partial charge in [-0.15, -0.1) is 11.3 Å². The summed E-state index contributed by atoms with van der Waals surface area (Å²) in [6.45, 7) is 0. The fraction of sp³-hybridized carbons (Fsp3) is 0. The molecule has 0 fully saturated rings. The first-order valence-corrected chi connectivity index (χ1v) is 7.40. The quantitative estimate of drug-likeness (QED) is 0.565. The number of carbonyl (C=O) groups is 1. The van der Waals surface area contributed by atoms with Crippen LogP contribution in [0.4, 0.5) is 4.79 Å². The van der Waals surface area contributed by atoms with Crippen molar-refractivity contribution < 1.29 is 9.90 Å². The smallest absolute Gasteiger partial charge is 0.416 e. The van der Waals surface area contributed by atoms with Crippen LogP contribution in [0.15, 0.2) is 45.9 Å². The number of hydrogen-bond acceptors (Lipinski definition) is 4. The third-order valence-corrected chi connectivity index (χ3v) is 4.21. The summed E-state index contributed by atoms with van der Waals surface area (Å²) in [5.74, 6) is 0. The van der Waals surface area contributed by atoms with Crippen molar-refractivity contribution in [3.63, 3.8) is 0 Å². The van der Waals surface area contributed by atoms with Gasteiger partial charge in [0.25, 0.3) is 5.56 Å². The lowest BCUT2D eigenvalue weighted by atomic mass is 10.2. The molecule has 6 nitrogen and oxygen atoms in total. The molecule has 108 valence electrons. The molecule has 0 aliphatic carbocycles. The topological polar surface area (TPSA) is 88.0 Å². The van der Waals surface area contributed by atoms with E-state index in [4.69, 9.17) is 0 Å². The van der Waals surface area contributed by atoms with Gasteiger partial charge in [0.1, 0.15) is 0 Å². The van der Waals surface area contributed by atoms with Crippen molar-refractivity contribution in [2.75, 3.05) is 0 Å². The number of hydrogen-bond donors (Lipinski definition) is 2. The molecule has 3 aromatic heterocycles. The van der Waals surface area contributed by atoms with Crippen molar-refractivity contribution in [2.24, 2.45) is 0 Å². The monoisotopic (exact) mass is 311 g/mol. The van der Waals surface area contributed by atoms with Gasteiger partial charge in [0, 0.05) is 16.1 Å². The highest BCUT2D eigenvalue weighted by Gasteiger charge is 2.19. The molecule has 0 saturated heterocycles. The highest BCUT2D eigenvalue weighted by Crippen LogP contribution is 2.26. The molecule has 0 unspecified atom stereocenters. The lowest BCUT2D eigenvalue weighted by Crippen LogP contribution is -2.16. The number of nitrogens with zero attached hydrogens (tertiary/aromatic N) is 2. The summed E-state index contributed by atoms with van der Waals surface area (Å²) >= 11 is 1.43. The summed E-state index contributed by atoms with van der Waals surface area (Å²) in [4.78, 5) is 30.9. The van der Waals surface area contributed by atoms with Crippen LogP contribution in [0.5, 0.6) is 0 Å². The lowest BCUT2D eigenvalue weighted by molar-refractivity contribution is 0.198. The maximum absolute atomic E-state index is 12.3. The molecule has 3 heterocycles. The number of aromatic nitrogens is 3. The molecule has 0 atom stereocenters. The highest BCUT2D eigenvalue weighted by molar-refractivity contribution is 7.09. The Morgan fingerprint density at radius 2 is 2.09 bits per heavy atom. The van der Waals surface area contributed by atoms with Gasteiger partial charge >= 0.3 is 6.09 Å². The zero-order valence-electron chi connectivity index (χ0n) is 11.1. The van der Waals surface area contributed by atoms with Crippen molar-refractivity contribution in [2.45, 2.75) is 0 Å². The van der Waals surface area contributed by atoms with E-state index in [1.165, 1.54) is 11.3 Å². The van der Waals surface area contributed by atoms with Gasteiger partial charge in [0.05, 0.1) is 22.2 Å². The van der Waals surface area contributed by atoms with Crippen LogP contribution in [0.1, 0.15) is 0 Å². The van der Waals surface area contributed by atoms with E-state index in [0.717, 1.165) is 9.95 Å². The molecule has 2 N–H and O–H groups in total. The Balaban J connectivity index is 2.11. The molecule has 0 saturated carbocycles. The third kappa shape index (κ3) is 1.76. The molecule has 0 aliphatic rings. The third-order valence-electron chi connectivity index (χ3n) is 3.48. The minimum Gasteiger partial charge on any atom is -0.464 e. The zero-order chi connectivity index (χ0) is 15.3. The maximum atomic E-state index is 12.3. The molecular weight excluding hydrogens is 302 g/mol. The number of aromatic amines is 1. The fourth-order valence-electron chi connectivity index (χ4n) is 2.53. The fourth-order valence-corrected chi connectivity index (χ4v) is 3.22. The van der Waals surface area contributed by atoms with Crippen LogP contribution in [0.2, 0.25) is 0 Å². The number of para-hydroxylation sites is 1. The van der Waals surface area contributed by atoms with Crippen LogP contribution in [-0.4, -0.2) is 25.7 Å². The lowest BCUT2D eigenvalue weighted by Gasteiger charge is -2.04. The second-order valence-electron chi connectivity index (χ2n) is 4.79. The predicted octanol–water partition coefficient (Wildman–Crippen LogP) is 3.13. The van der Waals surface area contributed by atoms with E-state index in [2.05, 4.69) is 9.97 Å². The summed E-state index contributed by atoms with van der Waals surface area (Å²) < 4.78 is 1.09. The van der Waals surface area contributed by atoms with Crippen LogP contribution < -0.4 is 5.56 Å². The molecular formula is C15H9N3O3S. The molecule has 1 aromatic carbocycles. The molecule has 4 rings (SSSR count). The van der Waals surface area contributed by atoms with Gasteiger partial charge in [-0.3, -0.25) is 4.79 Å². The Labute approximate surface area is 127 Å². The van der Waals surface area contributed by atoms with Crippen LogP contribution in [0.3, 0.4) is 0 Å². The van der Waals surface area contributed by atoms with Gasteiger partial charge in [0.2, 0.25) is 0 Å². The van der Waals surface area contributed by atoms with E-state index >= 15 is 0 Å². The van der Waals surface area contributed by atoms with E-state index in [1.807, 2.05) is 11.4 Å². The summed E-state index contributed by atoms with van der Waals surface area (Å²) in [6, 6.07) is 8.74. The molecule has 0 bridgehead atoms. The number of H-pyrrole nitrogens is 1. The molecule has 7 heteroatoms. The van der Waals surface area contributed by atoms with E-state index in [1.54, 1.807) is 29.6 Å². The molecule has 0 amide bonds. The average molecular weight is 311 g/mol. The SMILES string of the molecule is O=C(O)n1c(-c2nc3cscc3[nH]c2=O)cc2ccccc21. The Morgan fingerprint density at radius 1 is 1.27 bits per heavy atom. The first kappa shape index (κ1) is 12.8. The minimum absolute atomic E-state index is 0.101. The van der Waals surface area contributed by atoms with E-state index < -0.39 is 11.7 Å². The van der Waals surface area contributed by atoms with Crippen LogP contribution in [-0.2, 0) is 0 Å². The van der Waals surface area contributed by atoms with Gasteiger partial charge in [-0.1, -0.05) is 18.2 Å². The van der Waals surface area contributed by atoms with Gasteiger partial charge < -0.3 is 10.1 Å².